The van der Waals surface area contributed by atoms with Crippen LogP contribution in [0.2, 0.25) is 0 Å². The third-order valence-electron chi connectivity index (χ3n) is 9.67. The van der Waals surface area contributed by atoms with Crippen LogP contribution in [0.1, 0.15) is 98.3 Å². The van der Waals surface area contributed by atoms with Gasteiger partial charge in [-0.2, -0.15) is 0 Å². The third kappa shape index (κ3) is 4.26. The van der Waals surface area contributed by atoms with Gasteiger partial charge in [-0.15, -0.1) is 0 Å². The molecule has 5 nitrogen and oxygen atoms in total. The minimum atomic E-state index is -1.75. The van der Waals surface area contributed by atoms with Crippen LogP contribution in [0, 0.1) is 23.7 Å². The van der Waals surface area contributed by atoms with Crippen molar-refractivity contribution in [3.05, 3.63) is 12.2 Å². The highest BCUT2D eigenvalue weighted by Crippen LogP contribution is 2.61. The largest absolute Gasteiger partial charge is 0.386 e. The van der Waals surface area contributed by atoms with Crippen LogP contribution < -0.4 is 0 Å². The molecule has 33 heavy (non-hydrogen) atoms. The molecule has 3 saturated heterocycles. The van der Waals surface area contributed by atoms with Gasteiger partial charge in [0.15, 0.2) is 11.4 Å². The predicted octanol–water partition coefficient (Wildman–Crippen LogP) is 4.97. The molecule has 1 aliphatic carbocycles. The standard InChI is InChI=1S/C28H46O5/c1-6-7-8-9-10-13-22(29)28(31)16-20-19(3)17-32-26(4)14-11-12-18(2)15-21-24(27(28,5)30)23(20)25(26)33-21/h19-21,23-25,30-31H,2,6-17H2,1,3-5H3/t19-,20-,21-,23-,24-,25+,26-,27+,28+/m0/s1. The lowest BCUT2D eigenvalue weighted by Crippen LogP contribution is -2.69. The first kappa shape index (κ1) is 25.3. The maximum Gasteiger partial charge on any atom is 0.167 e. The van der Waals surface area contributed by atoms with Crippen LogP contribution in [-0.4, -0.2) is 51.6 Å². The lowest BCUT2D eigenvalue weighted by atomic mass is 9.52. The second-order valence-corrected chi connectivity index (χ2v) is 12.1. The summed E-state index contributed by atoms with van der Waals surface area (Å²) in [6, 6.07) is 0. The Morgan fingerprint density at radius 2 is 1.91 bits per heavy atom. The molecule has 2 bridgehead atoms. The van der Waals surface area contributed by atoms with Crippen LogP contribution in [0.3, 0.4) is 0 Å². The maximum absolute atomic E-state index is 13.5. The molecule has 3 aliphatic heterocycles. The fourth-order valence-electron chi connectivity index (χ4n) is 7.60. The van der Waals surface area contributed by atoms with E-state index in [0.717, 1.165) is 50.5 Å². The number of carbonyl (C=O) groups excluding carboxylic acids is 1. The number of hydrogen-bond donors (Lipinski definition) is 2. The molecule has 0 amide bonds. The van der Waals surface area contributed by atoms with E-state index in [1.807, 2.05) is 0 Å². The molecule has 0 aromatic heterocycles. The normalized spacial score (nSPS) is 47.4. The van der Waals surface area contributed by atoms with Gasteiger partial charge in [0.25, 0.3) is 0 Å². The molecule has 9 atom stereocenters. The van der Waals surface area contributed by atoms with Crippen molar-refractivity contribution in [2.75, 3.05) is 6.61 Å². The molecule has 4 aliphatic rings. The molecule has 2 N–H and O–H groups in total. The van der Waals surface area contributed by atoms with Gasteiger partial charge in [-0.3, -0.25) is 4.79 Å². The first-order chi connectivity index (χ1) is 15.5. The van der Waals surface area contributed by atoms with E-state index in [1.54, 1.807) is 6.92 Å². The first-order valence-electron chi connectivity index (χ1n) is 13.5. The van der Waals surface area contributed by atoms with E-state index < -0.39 is 16.8 Å². The zero-order valence-electron chi connectivity index (χ0n) is 21.3. The van der Waals surface area contributed by atoms with Crippen LogP contribution in [0.15, 0.2) is 12.2 Å². The van der Waals surface area contributed by atoms with Gasteiger partial charge >= 0.3 is 0 Å². The average molecular weight is 463 g/mol. The Kier molecular flexibility index (Phi) is 7.20. The van der Waals surface area contributed by atoms with Crippen molar-refractivity contribution in [1.29, 1.82) is 0 Å². The Labute approximate surface area is 200 Å². The molecule has 1 saturated carbocycles. The molecule has 188 valence electrons. The Bertz CT molecular complexity index is 747. The summed E-state index contributed by atoms with van der Waals surface area (Å²) in [5.41, 5.74) is -2.58. The molecule has 4 rings (SSSR count). The third-order valence-corrected chi connectivity index (χ3v) is 9.67. The molecule has 0 aromatic rings. The lowest BCUT2D eigenvalue weighted by molar-refractivity contribution is -0.221. The summed E-state index contributed by atoms with van der Waals surface area (Å²) in [4.78, 5) is 13.5. The average Bonchev–Trinajstić information content (AvgIpc) is 3.13. The van der Waals surface area contributed by atoms with Crippen LogP contribution >= 0.6 is 0 Å². The molecule has 5 heteroatoms. The Morgan fingerprint density at radius 3 is 2.64 bits per heavy atom. The number of fused-ring (bicyclic) bond motifs is 2. The van der Waals surface area contributed by atoms with Gasteiger partial charge in [0.2, 0.25) is 0 Å². The van der Waals surface area contributed by atoms with Crippen molar-refractivity contribution in [1.82, 2.24) is 0 Å². The van der Waals surface area contributed by atoms with E-state index in [4.69, 9.17) is 9.47 Å². The van der Waals surface area contributed by atoms with E-state index in [2.05, 4.69) is 27.4 Å². The summed E-state index contributed by atoms with van der Waals surface area (Å²) < 4.78 is 13.3. The monoisotopic (exact) mass is 462 g/mol. The quantitative estimate of drug-likeness (QED) is 0.412. The molecule has 0 unspecified atom stereocenters. The molecule has 3 heterocycles. The number of ether oxygens (including phenoxy) is 2. The van der Waals surface area contributed by atoms with Gasteiger partial charge in [-0.1, -0.05) is 51.7 Å². The topological polar surface area (TPSA) is 76.0 Å². The predicted molar refractivity (Wildman–Crippen MR) is 129 cm³/mol. The number of hydrogen-bond acceptors (Lipinski definition) is 5. The van der Waals surface area contributed by atoms with Gasteiger partial charge in [-0.25, -0.2) is 0 Å². The van der Waals surface area contributed by atoms with Crippen LogP contribution in [0.5, 0.6) is 0 Å². The zero-order valence-corrected chi connectivity index (χ0v) is 21.3. The Hall–Kier alpha value is -0.750. The maximum atomic E-state index is 13.5. The molecule has 0 spiro atoms. The van der Waals surface area contributed by atoms with E-state index in [0.29, 0.717) is 25.9 Å². The van der Waals surface area contributed by atoms with Gasteiger partial charge in [0.1, 0.15) is 5.60 Å². The van der Waals surface area contributed by atoms with Gasteiger partial charge in [0, 0.05) is 12.3 Å². The number of unbranched alkanes of at least 4 members (excludes halogenated alkanes) is 4. The van der Waals surface area contributed by atoms with Crippen LogP contribution in [0.25, 0.3) is 0 Å². The molecule has 0 aromatic carbocycles. The summed E-state index contributed by atoms with van der Waals surface area (Å²) in [6.07, 6.45) is 8.95. The number of Topliss-reactive ketones (excluding diaryl/α,β-unsaturated/α-hetero) is 1. The first-order valence-corrected chi connectivity index (χ1v) is 13.5. The number of carbonyl (C=O) groups is 1. The number of aliphatic hydroxyl groups is 2. The number of ketones is 1. The minimum Gasteiger partial charge on any atom is -0.386 e. The van der Waals surface area contributed by atoms with Crippen molar-refractivity contribution in [2.24, 2.45) is 23.7 Å². The van der Waals surface area contributed by atoms with Gasteiger partial charge in [-0.05, 0) is 70.1 Å². The summed E-state index contributed by atoms with van der Waals surface area (Å²) in [6.45, 7) is 13.1. The zero-order chi connectivity index (χ0) is 24.0. The van der Waals surface area contributed by atoms with Crippen molar-refractivity contribution in [3.63, 3.8) is 0 Å². The second kappa shape index (κ2) is 9.37. The van der Waals surface area contributed by atoms with E-state index in [-0.39, 0.29) is 41.7 Å². The number of rotatable bonds is 7. The van der Waals surface area contributed by atoms with Crippen LogP contribution in [-0.2, 0) is 14.3 Å². The molecular formula is C28H46O5. The van der Waals surface area contributed by atoms with E-state index >= 15 is 0 Å². The summed E-state index contributed by atoms with van der Waals surface area (Å²) in [7, 11) is 0. The summed E-state index contributed by atoms with van der Waals surface area (Å²) >= 11 is 0. The van der Waals surface area contributed by atoms with Crippen LogP contribution in [0.4, 0.5) is 0 Å². The Morgan fingerprint density at radius 1 is 1.18 bits per heavy atom. The van der Waals surface area contributed by atoms with Crippen molar-refractivity contribution < 1.29 is 24.5 Å². The minimum absolute atomic E-state index is 0.0658. The van der Waals surface area contributed by atoms with E-state index in [1.165, 1.54) is 6.42 Å². The van der Waals surface area contributed by atoms with Crippen molar-refractivity contribution in [2.45, 2.75) is 127 Å². The molecular weight excluding hydrogens is 416 g/mol. The Balaban J connectivity index is 1.68. The molecule has 4 fully saturated rings. The van der Waals surface area contributed by atoms with E-state index in [9.17, 15) is 15.0 Å². The molecule has 0 radical (unpaired) electrons. The second-order valence-electron chi connectivity index (χ2n) is 12.1. The van der Waals surface area contributed by atoms with Gasteiger partial charge in [0.05, 0.1) is 24.4 Å². The van der Waals surface area contributed by atoms with Gasteiger partial charge < -0.3 is 19.7 Å². The fourth-order valence-corrected chi connectivity index (χ4v) is 7.60. The highest BCUT2D eigenvalue weighted by Gasteiger charge is 2.71. The highest BCUT2D eigenvalue weighted by molar-refractivity contribution is 5.88. The fraction of sp³-hybridized carbons (Fsp3) is 0.893. The smallest absolute Gasteiger partial charge is 0.167 e. The van der Waals surface area contributed by atoms with Crippen molar-refractivity contribution in [3.8, 4) is 0 Å². The van der Waals surface area contributed by atoms with Crippen molar-refractivity contribution >= 4 is 5.78 Å². The summed E-state index contributed by atoms with van der Waals surface area (Å²) in [5.74, 6) is -0.178. The SMILES string of the molecule is C=C1CCC[C@]2(C)OC[C@H](C)[C@@H]3C[C@@](O)(C(=O)CCCCCCC)[C@](C)(O)[C@@H]4[C@H]3[C@H]2O[C@H]4C1. The highest BCUT2D eigenvalue weighted by atomic mass is 16.6. The summed E-state index contributed by atoms with van der Waals surface area (Å²) in [5, 5.41) is 24.0. The lowest BCUT2D eigenvalue weighted by Gasteiger charge is -2.55.